The van der Waals surface area contributed by atoms with Crippen LogP contribution >= 0.6 is 15.9 Å². The monoisotopic (exact) mass is 411 g/mol. The van der Waals surface area contributed by atoms with Crippen LogP contribution in [0, 0.1) is 0 Å². The first kappa shape index (κ1) is 21.1. The predicted molar refractivity (Wildman–Crippen MR) is 97.8 cm³/mol. The van der Waals surface area contributed by atoms with Crippen LogP contribution in [0.15, 0.2) is 40.9 Å². The zero-order chi connectivity index (χ0) is 18.8. The van der Waals surface area contributed by atoms with Crippen LogP contribution in [0.1, 0.15) is 36.5 Å². The topological polar surface area (TPSA) is 94.9 Å². The quantitative estimate of drug-likeness (QED) is 0.570. The summed E-state index contributed by atoms with van der Waals surface area (Å²) in [6.07, 6.45) is 4.85. The van der Waals surface area contributed by atoms with Crippen LogP contribution in [-0.4, -0.2) is 52.0 Å². The number of nitrogens with zero attached hydrogens (tertiary/aromatic N) is 1. The molecule has 1 aliphatic heterocycles. The molecule has 0 bridgehead atoms. The van der Waals surface area contributed by atoms with Crippen LogP contribution < -0.4 is 0 Å². The summed E-state index contributed by atoms with van der Waals surface area (Å²) >= 11 is 3.41. The molecule has 0 radical (unpaired) electrons. The number of piperidine rings is 1. The number of ketones is 1. The van der Waals surface area contributed by atoms with E-state index < -0.39 is 11.9 Å². The van der Waals surface area contributed by atoms with Gasteiger partial charge in [0.05, 0.1) is 6.04 Å². The number of hydrogen-bond acceptors (Lipinski definition) is 4. The van der Waals surface area contributed by atoms with E-state index in [0.29, 0.717) is 12.2 Å². The van der Waals surface area contributed by atoms with Gasteiger partial charge in [0, 0.05) is 22.2 Å². The molecule has 1 atom stereocenters. The van der Waals surface area contributed by atoms with Crippen LogP contribution in [0.5, 0.6) is 0 Å². The SMILES string of the molecule is CC(C(=O)c1cccc(Br)c1)N1CCCCC1.O=C(O)/C=C/C(=O)O. The van der Waals surface area contributed by atoms with Gasteiger partial charge in [-0.2, -0.15) is 0 Å². The lowest BCUT2D eigenvalue weighted by Crippen LogP contribution is -2.42. The smallest absolute Gasteiger partial charge is 0.328 e. The summed E-state index contributed by atoms with van der Waals surface area (Å²) in [4.78, 5) is 33.7. The Morgan fingerprint density at radius 2 is 1.64 bits per heavy atom. The Labute approximate surface area is 155 Å². The maximum atomic E-state index is 12.3. The fraction of sp³-hybridized carbons (Fsp3) is 0.389. The molecule has 1 heterocycles. The maximum absolute atomic E-state index is 12.3. The van der Waals surface area contributed by atoms with E-state index in [-0.39, 0.29) is 11.8 Å². The minimum absolute atomic E-state index is 0.00426. The van der Waals surface area contributed by atoms with Crippen LogP contribution in [0.2, 0.25) is 0 Å². The highest BCUT2D eigenvalue weighted by molar-refractivity contribution is 9.10. The van der Waals surface area contributed by atoms with Gasteiger partial charge in [-0.1, -0.05) is 34.5 Å². The number of carbonyl (C=O) groups is 3. The second-order valence-corrected chi connectivity index (χ2v) is 6.57. The molecule has 0 aliphatic carbocycles. The molecular formula is C18H22BrNO5. The molecule has 0 amide bonds. The highest BCUT2D eigenvalue weighted by atomic mass is 79.9. The van der Waals surface area contributed by atoms with E-state index in [0.717, 1.165) is 23.1 Å². The molecule has 0 spiro atoms. The van der Waals surface area contributed by atoms with Gasteiger partial charge in [0.2, 0.25) is 0 Å². The van der Waals surface area contributed by atoms with Crippen molar-refractivity contribution in [3.63, 3.8) is 0 Å². The van der Waals surface area contributed by atoms with Crippen molar-refractivity contribution in [3.8, 4) is 0 Å². The zero-order valence-corrected chi connectivity index (χ0v) is 15.6. The fourth-order valence-electron chi connectivity index (χ4n) is 2.50. The predicted octanol–water partition coefficient (Wildman–Crippen LogP) is 3.22. The van der Waals surface area contributed by atoms with Gasteiger partial charge in [-0.25, -0.2) is 9.59 Å². The van der Waals surface area contributed by atoms with Crippen LogP contribution in [-0.2, 0) is 9.59 Å². The van der Waals surface area contributed by atoms with Gasteiger partial charge in [-0.3, -0.25) is 9.69 Å². The van der Waals surface area contributed by atoms with Crippen molar-refractivity contribution in [2.75, 3.05) is 13.1 Å². The molecule has 1 aromatic rings. The molecule has 7 heteroatoms. The first-order valence-electron chi connectivity index (χ1n) is 7.99. The van der Waals surface area contributed by atoms with Gasteiger partial charge < -0.3 is 10.2 Å². The summed E-state index contributed by atoms with van der Waals surface area (Å²) < 4.78 is 0.967. The van der Waals surface area contributed by atoms with Gasteiger partial charge >= 0.3 is 11.9 Å². The van der Waals surface area contributed by atoms with Crippen molar-refractivity contribution in [2.24, 2.45) is 0 Å². The Bertz CT molecular complexity index is 622. The molecule has 0 saturated carbocycles. The summed E-state index contributed by atoms with van der Waals surface area (Å²) in [5.74, 6) is -2.28. The largest absolute Gasteiger partial charge is 0.478 e. The van der Waals surface area contributed by atoms with Crippen molar-refractivity contribution in [2.45, 2.75) is 32.2 Å². The minimum Gasteiger partial charge on any atom is -0.478 e. The summed E-state index contributed by atoms with van der Waals surface area (Å²) in [7, 11) is 0. The maximum Gasteiger partial charge on any atom is 0.328 e. The average molecular weight is 412 g/mol. The van der Waals surface area contributed by atoms with Gasteiger partial charge in [0.1, 0.15) is 0 Å². The van der Waals surface area contributed by atoms with Gasteiger partial charge in [0.15, 0.2) is 5.78 Å². The normalized spacial score (nSPS) is 15.9. The molecule has 136 valence electrons. The molecule has 1 aliphatic rings. The number of likely N-dealkylation sites (tertiary alicyclic amines) is 1. The second kappa shape index (κ2) is 10.8. The number of carboxylic acid groups (broad SMARTS) is 2. The average Bonchev–Trinajstić information content (AvgIpc) is 2.60. The second-order valence-electron chi connectivity index (χ2n) is 5.66. The molecular weight excluding hydrogens is 390 g/mol. The third kappa shape index (κ3) is 8.09. The van der Waals surface area contributed by atoms with E-state index in [9.17, 15) is 14.4 Å². The van der Waals surface area contributed by atoms with E-state index in [1.54, 1.807) is 0 Å². The molecule has 2 N–H and O–H groups in total. The first-order chi connectivity index (χ1) is 11.8. The summed E-state index contributed by atoms with van der Waals surface area (Å²) in [6, 6.07) is 7.67. The highest BCUT2D eigenvalue weighted by Gasteiger charge is 2.23. The zero-order valence-electron chi connectivity index (χ0n) is 14.0. The summed E-state index contributed by atoms with van der Waals surface area (Å²) in [6.45, 7) is 4.14. The van der Waals surface area contributed by atoms with E-state index in [1.165, 1.54) is 19.3 Å². The van der Waals surface area contributed by atoms with Crippen LogP contribution in [0.25, 0.3) is 0 Å². The van der Waals surface area contributed by atoms with Crippen molar-refractivity contribution in [3.05, 3.63) is 46.5 Å². The lowest BCUT2D eigenvalue weighted by molar-refractivity contribution is -0.134. The van der Waals surface area contributed by atoms with Crippen molar-refractivity contribution in [1.29, 1.82) is 0 Å². The molecule has 1 aromatic carbocycles. The number of Topliss-reactive ketones (excluding diaryl/α,β-unsaturated/α-hetero) is 1. The standard InChI is InChI=1S/C14H18BrNO.C4H4O4/c1-11(16-8-3-2-4-9-16)14(17)12-6-5-7-13(15)10-12;5-3(6)1-2-4(7)8/h5-7,10-11H,2-4,8-9H2,1H3;1-2H,(H,5,6)(H,7,8)/b;2-1+. The van der Waals surface area contributed by atoms with Crippen LogP contribution in [0.3, 0.4) is 0 Å². The Morgan fingerprint density at radius 1 is 1.08 bits per heavy atom. The molecule has 1 saturated heterocycles. The number of hydrogen-bond donors (Lipinski definition) is 2. The number of carboxylic acids is 2. The first-order valence-corrected chi connectivity index (χ1v) is 8.78. The lowest BCUT2D eigenvalue weighted by Gasteiger charge is -2.31. The molecule has 1 unspecified atom stereocenters. The third-order valence-corrected chi connectivity index (χ3v) is 4.29. The summed E-state index contributed by atoms with van der Waals surface area (Å²) in [5, 5.41) is 15.6. The van der Waals surface area contributed by atoms with Crippen molar-refractivity contribution in [1.82, 2.24) is 4.90 Å². The molecule has 25 heavy (non-hydrogen) atoms. The third-order valence-electron chi connectivity index (χ3n) is 3.80. The number of halogens is 1. The molecule has 6 nitrogen and oxygen atoms in total. The van der Waals surface area contributed by atoms with Crippen molar-refractivity contribution < 1.29 is 24.6 Å². The molecule has 2 rings (SSSR count). The Morgan fingerprint density at radius 3 is 2.12 bits per heavy atom. The highest BCUT2D eigenvalue weighted by Crippen LogP contribution is 2.18. The van der Waals surface area contributed by atoms with Gasteiger partial charge in [-0.15, -0.1) is 0 Å². The number of rotatable bonds is 5. The van der Waals surface area contributed by atoms with Crippen molar-refractivity contribution >= 4 is 33.7 Å². The molecule has 1 fully saturated rings. The van der Waals surface area contributed by atoms with E-state index in [2.05, 4.69) is 20.8 Å². The fourth-order valence-corrected chi connectivity index (χ4v) is 2.90. The lowest BCUT2D eigenvalue weighted by atomic mass is 10.0. The number of benzene rings is 1. The summed E-state index contributed by atoms with van der Waals surface area (Å²) in [5.41, 5.74) is 0.803. The van der Waals surface area contributed by atoms with Crippen LogP contribution in [0.4, 0.5) is 0 Å². The Balaban J connectivity index is 0.000000333. The van der Waals surface area contributed by atoms with E-state index in [4.69, 9.17) is 10.2 Å². The number of aliphatic carboxylic acids is 2. The Hall–Kier alpha value is -1.99. The van der Waals surface area contributed by atoms with E-state index >= 15 is 0 Å². The Kier molecular flexibility index (Phi) is 9.08. The molecule has 0 aromatic heterocycles. The number of carbonyl (C=O) groups excluding carboxylic acids is 1. The van der Waals surface area contributed by atoms with Gasteiger partial charge in [-0.05, 0) is 45.0 Å². The van der Waals surface area contributed by atoms with E-state index in [1.807, 2.05) is 31.2 Å². The van der Waals surface area contributed by atoms with Gasteiger partial charge in [0.25, 0.3) is 0 Å². The minimum atomic E-state index is -1.26.